The monoisotopic (exact) mass is 317 g/mol. The van der Waals surface area contributed by atoms with Gasteiger partial charge >= 0.3 is 0 Å². The molecule has 108 valence electrons. The van der Waals surface area contributed by atoms with Gasteiger partial charge in [-0.1, -0.05) is 17.7 Å². The highest BCUT2D eigenvalue weighted by Crippen LogP contribution is 2.19. The molecule has 2 aromatic rings. The van der Waals surface area contributed by atoms with E-state index < -0.39 is 21.9 Å². The van der Waals surface area contributed by atoms with Crippen molar-refractivity contribution in [3.05, 3.63) is 58.8 Å². The lowest BCUT2D eigenvalue weighted by molar-refractivity contribution is 0.549. The Kier molecular flexibility index (Phi) is 4.47. The van der Waals surface area contributed by atoms with E-state index in [4.69, 9.17) is 16.0 Å². The Hall–Kier alpha value is -1.37. The van der Waals surface area contributed by atoms with E-state index in [1.54, 1.807) is 13.0 Å². The number of nitrogens with one attached hydrogen (secondary N) is 1. The first-order chi connectivity index (χ1) is 9.37. The topological polar surface area (TPSA) is 59.3 Å². The van der Waals surface area contributed by atoms with Gasteiger partial charge in [0.1, 0.15) is 5.82 Å². The van der Waals surface area contributed by atoms with Gasteiger partial charge in [-0.3, -0.25) is 0 Å². The van der Waals surface area contributed by atoms with Crippen LogP contribution in [0.4, 0.5) is 4.39 Å². The normalized spacial score (nSPS) is 13.3. The van der Waals surface area contributed by atoms with Crippen LogP contribution in [0.5, 0.6) is 0 Å². The standard InChI is InChI=1S/C13H13ClFNO3S/c1-9(11-4-5-19-7-11)16-20(17,18)8-10-2-3-13(15)12(14)6-10/h2-7,9,16H,8H2,1H3/t9-/m1/s1. The molecule has 0 saturated carbocycles. The summed E-state index contributed by atoms with van der Waals surface area (Å²) in [7, 11) is -3.56. The van der Waals surface area contributed by atoms with Crippen molar-refractivity contribution < 1.29 is 17.2 Å². The van der Waals surface area contributed by atoms with Crippen LogP contribution in [-0.2, 0) is 15.8 Å². The summed E-state index contributed by atoms with van der Waals surface area (Å²) in [6.45, 7) is 1.71. The van der Waals surface area contributed by atoms with E-state index in [2.05, 4.69) is 4.72 Å². The van der Waals surface area contributed by atoms with E-state index in [-0.39, 0.29) is 10.8 Å². The summed E-state index contributed by atoms with van der Waals surface area (Å²) in [6, 6.07) is 5.12. The zero-order valence-corrected chi connectivity index (χ0v) is 12.2. The number of benzene rings is 1. The minimum Gasteiger partial charge on any atom is -0.472 e. The summed E-state index contributed by atoms with van der Waals surface area (Å²) in [5.74, 6) is -0.845. The van der Waals surface area contributed by atoms with E-state index in [1.165, 1.54) is 24.7 Å². The minimum absolute atomic E-state index is 0.0967. The van der Waals surface area contributed by atoms with Crippen molar-refractivity contribution in [2.75, 3.05) is 0 Å². The van der Waals surface area contributed by atoms with Gasteiger partial charge in [-0.05, 0) is 30.7 Å². The van der Waals surface area contributed by atoms with Gasteiger partial charge in [-0.25, -0.2) is 17.5 Å². The fourth-order valence-electron chi connectivity index (χ4n) is 1.75. The molecule has 0 aliphatic carbocycles. The Balaban J connectivity index is 2.09. The maximum Gasteiger partial charge on any atom is 0.216 e. The summed E-state index contributed by atoms with van der Waals surface area (Å²) in [6.07, 6.45) is 2.95. The van der Waals surface area contributed by atoms with Crippen molar-refractivity contribution in [1.82, 2.24) is 4.72 Å². The van der Waals surface area contributed by atoms with Gasteiger partial charge in [0.25, 0.3) is 0 Å². The molecular formula is C13H13ClFNO3S. The number of halogens is 2. The summed E-state index contributed by atoms with van der Waals surface area (Å²) < 4.78 is 44.5. The molecule has 0 saturated heterocycles. The van der Waals surface area contributed by atoms with E-state index >= 15 is 0 Å². The third-order valence-corrected chi connectivity index (χ3v) is 4.46. The van der Waals surface area contributed by atoms with E-state index in [0.29, 0.717) is 5.56 Å². The zero-order chi connectivity index (χ0) is 14.8. The number of rotatable bonds is 5. The van der Waals surface area contributed by atoms with Gasteiger partial charge in [0.05, 0.1) is 23.3 Å². The number of furan rings is 1. The largest absolute Gasteiger partial charge is 0.472 e. The molecule has 0 fully saturated rings. The van der Waals surface area contributed by atoms with Gasteiger partial charge < -0.3 is 4.42 Å². The molecule has 1 heterocycles. The average Bonchev–Trinajstić information content (AvgIpc) is 2.86. The predicted octanol–water partition coefficient (Wildman–Crippen LogP) is 3.25. The first-order valence-corrected chi connectivity index (χ1v) is 7.86. The molecular weight excluding hydrogens is 305 g/mol. The molecule has 0 amide bonds. The van der Waals surface area contributed by atoms with Crippen molar-refractivity contribution in [1.29, 1.82) is 0 Å². The van der Waals surface area contributed by atoms with Crippen molar-refractivity contribution in [2.45, 2.75) is 18.7 Å². The van der Waals surface area contributed by atoms with Gasteiger partial charge in [0.2, 0.25) is 10.0 Å². The summed E-state index contributed by atoms with van der Waals surface area (Å²) in [5, 5.41) is -0.0967. The van der Waals surface area contributed by atoms with Crippen LogP contribution in [0.3, 0.4) is 0 Å². The third-order valence-electron chi connectivity index (χ3n) is 2.74. The molecule has 1 aromatic heterocycles. The number of hydrogen-bond acceptors (Lipinski definition) is 3. The third kappa shape index (κ3) is 3.82. The molecule has 0 radical (unpaired) electrons. The van der Waals surface area contributed by atoms with Crippen molar-refractivity contribution >= 4 is 21.6 Å². The van der Waals surface area contributed by atoms with Crippen molar-refractivity contribution in [3.63, 3.8) is 0 Å². The molecule has 0 spiro atoms. The number of sulfonamides is 1. The Morgan fingerprint density at radius 3 is 2.75 bits per heavy atom. The van der Waals surface area contributed by atoms with Crippen LogP contribution in [-0.4, -0.2) is 8.42 Å². The maximum absolute atomic E-state index is 13.0. The molecule has 4 nitrogen and oxygen atoms in total. The Morgan fingerprint density at radius 2 is 2.15 bits per heavy atom. The van der Waals surface area contributed by atoms with Crippen molar-refractivity contribution in [2.24, 2.45) is 0 Å². The smallest absolute Gasteiger partial charge is 0.216 e. The predicted molar refractivity (Wildman–Crippen MR) is 74.3 cm³/mol. The highest BCUT2D eigenvalue weighted by Gasteiger charge is 2.17. The Bertz CT molecular complexity index is 686. The summed E-state index contributed by atoms with van der Waals surface area (Å²) in [4.78, 5) is 0. The molecule has 1 aromatic carbocycles. The molecule has 7 heteroatoms. The molecule has 1 N–H and O–H groups in total. The van der Waals surface area contributed by atoms with Crippen LogP contribution in [0.25, 0.3) is 0 Å². The first-order valence-electron chi connectivity index (χ1n) is 5.83. The SMILES string of the molecule is C[C@@H](NS(=O)(=O)Cc1ccc(F)c(Cl)c1)c1ccoc1. The van der Waals surface area contributed by atoms with Crippen LogP contribution in [0, 0.1) is 5.82 Å². The summed E-state index contributed by atoms with van der Waals surface area (Å²) in [5.41, 5.74) is 1.15. The second-order valence-electron chi connectivity index (χ2n) is 4.40. The molecule has 0 aliphatic heterocycles. The quantitative estimate of drug-likeness (QED) is 0.921. The fourth-order valence-corrected chi connectivity index (χ4v) is 3.33. The van der Waals surface area contributed by atoms with Crippen LogP contribution >= 0.6 is 11.6 Å². The highest BCUT2D eigenvalue weighted by atomic mass is 35.5. The number of hydrogen-bond donors (Lipinski definition) is 1. The maximum atomic E-state index is 13.0. The van der Waals surface area contributed by atoms with Crippen LogP contribution < -0.4 is 4.72 Å². The zero-order valence-electron chi connectivity index (χ0n) is 10.6. The van der Waals surface area contributed by atoms with Crippen LogP contribution in [0.15, 0.2) is 41.2 Å². The Morgan fingerprint density at radius 1 is 1.40 bits per heavy atom. The lowest BCUT2D eigenvalue weighted by atomic mass is 10.2. The van der Waals surface area contributed by atoms with Crippen LogP contribution in [0.2, 0.25) is 5.02 Å². The molecule has 1 atom stereocenters. The van der Waals surface area contributed by atoms with E-state index in [0.717, 1.165) is 11.6 Å². The van der Waals surface area contributed by atoms with E-state index in [9.17, 15) is 12.8 Å². The van der Waals surface area contributed by atoms with Crippen LogP contribution in [0.1, 0.15) is 24.1 Å². The molecule has 2 rings (SSSR count). The minimum atomic E-state index is -3.56. The molecule has 20 heavy (non-hydrogen) atoms. The van der Waals surface area contributed by atoms with Gasteiger partial charge in [-0.15, -0.1) is 0 Å². The second kappa shape index (κ2) is 5.95. The Labute approximate surface area is 121 Å². The first kappa shape index (κ1) is 15.0. The second-order valence-corrected chi connectivity index (χ2v) is 6.56. The average molecular weight is 318 g/mol. The van der Waals surface area contributed by atoms with Gasteiger partial charge in [-0.2, -0.15) is 0 Å². The van der Waals surface area contributed by atoms with E-state index in [1.807, 2.05) is 0 Å². The lowest BCUT2D eigenvalue weighted by Crippen LogP contribution is -2.27. The lowest BCUT2D eigenvalue weighted by Gasteiger charge is -2.12. The molecule has 0 unspecified atom stereocenters. The highest BCUT2D eigenvalue weighted by molar-refractivity contribution is 7.88. The summed E-state index contributed by atoms with van der Waals surface area (Å²) >= 11 is 5.63. The molecule has 0 aliphatic rings. The van der Waals surface area contributed by atoms with Crippen molar-refractivity contribution in [3.8, 4) is 0 Å². The molecule has 0 bridgehead atoms. The fraction of sp³-hybridized carbons (Fsp3) is 0.231. The van der Waals surface area contributed by atoms with Gasteiger partial charge in [0, 0.05) is 11.6 Å². The van der Waals surface area contributed by atoms with Gasteiger partial charge in [0.15, 0.2) is 0 Å².